The van der Waals surface area contributed by atoms with E-state index in [0.717, 1.165) is 42.8 Å². The Bertz CT molecular complexity index is 1200. The topological polar surface area (TPSA) is 38.8 Å². The Hall–Kier alpha value is -3.44. The zero-order valence-corrected chi connectivity index (χ0v) is 17.9. The molecular formula is C27H24FNO3. The second-order valence-corrected chi connectivity index (χ2v) is 8.24. The Morgan fingerprint density at radius 3 is 2.66 bits per heavy atom. The van der Waals surface area contributed by atoms with Gasteiger partial charge < -0.3 is 9.47 Å². The van der Waals surface area contributed by atoms with Crippen LogP contribution in [0.2, 0.25) is 0 Å². The van der Waals surface area contributed by atoms with Gasteiger partial charge in [0.2, 0.25) is 5.78 Å². The predicted octanol–water partition coefficient (Wildman–Crippen LogP) is 5.54. The number of hydrogen-bond donors (Lipinski definition) is 0. The molecule has 0 saturated heterocycles. The third-order valence-corrected chi connectivity index (χ3v) is 5.98. The molecule has 3 aromatic carbocycles. The minimum atomic E-state index is -0.391. The van der Waals surface area contributed by atoms with Gasteiger partial charge in [0.05, 0.1) is 5.56 Å². The summed E-state index contributed by atoms with van der Waals surface area (Å²) in [6.45, 7) is 4.04. The molecule has 0 N–H and O–H groups in total. The Labute approximate surface area is 186 Å². The Morgan fingerprint density at radius 1 is 1.06 bits per heavy atom. The second-order valence-electron chi connectivity index (χ2n) is 8.24. The van der Waals surface area contributed by atoms with E-state index in [1.165, 1.54) is 17.7 Å². The number of ether oxygens (including phenoxy) is 2. The summed E-state index contributed by atoms with van der Waals surface area (Å²) < 4.78 is 26.0. The van der Waals surface area contributed by atoms with E-state index in [-0.39, 0.29) is 11.5 Å². The summed E-state index contributed by atoms with van der Waals surface area (Å²) in [7, 11) is 0. The first-order valence-corrected chi connectivity index (χ1v) is 10.8. The lowest BCUT2D eigenvalue weighted by Crippen LogP contribution is -2.33. The summed E-state index contributed by atoms with van der Waals surface area (Å²) in [4.78, 5) is 15.2. The minimum absolute atomic E-state index is 0.135. The number of hydrogen-bond acceptors (Lipinski definition) is 4. The van der Waals surface area contributed by atoms with Gasteiger partial charge in [0.1, 0.15) is 24.0 Å². The number of allylic oxidation sites excluding steroid dienone is 1. The zero-order valence-electron chi connectivity index (χ0n) is 17.9. The number of Topliss-reactive ketones (excluding diaryl/α,β-unsaturated/α-hetero) is 1. The van der Waals surface area contributed by atoms with Crippen LogP contribution in [0.3, 0.4) is 0 Å². The molecule has 0 spiro atoms. The molecule has 2 aliphatic rings. The maximum atomic E-state index is 14.0. The fourth-order valence-electron chi connectivity index (χ4n) is 4.32. The van der Waals surface area contributed by atoms with Gasteiger partial charge in [-0.15, -0.1) is 0 Å². The van der Waals surface area contributed by atoms with Crippen LogP contribution in [-0.2, 0) is 13.0 Å². The summed E-state index contributed by atoms with van der Waals surface area (Å²) in [5.41, 5.74) is 3.96. The van der Waals surface area contributed by atoms with Crippen molar-refractivity contribution in [2.45, 2.75) is 26.3 Å². The van der Waals surface area contributed by atoms with Gasteiger partial charge in [-0.05, 0) is 43.5 Å². The van der Waals surface area contributed by atoms with E-state index in [4.69, 9.17) is 9.47 Å². The molecule has 0 fully saturated rings. The van der Waals surface area contributed by atoms with Crippen LogP contribution < -0.4 is 9.47 Å². The van der Waals surface area contributed by atoms with Gasteiger partial charge in [-0.2, -0.15) is 0 Å². The summed E-state index contributed by atoms with van der Waals surface area (Å²) in [5, 5.41) is 0. The van der Waals surface area contributed by atoms with Crippen LogP contribution in [0.25, 0.3) is 6.08 Å². The number of rotatable bonds is 5. The zero-order chi connectivity index (χ0) is 22.1. The van der Waals surface area contributed by atoms with Crippen LogP contribution in [0, 0.1) is 12.7 Å². The third kappa shape index (κ3) is 3.92. The van der Waals surface area contributed by atoms with Crippen molar-refractivity contribution in [3.8, 4) is 11.5 Å². The fourth-order valence-corrected chi connectivity index (χ4v) is 4.32. The molecule has 0 radical (unpaired) electrons. The van der Waals surface area contributed by atoms with Gasteiger partial charge in [0.15, 0.2) is 5.76 Å². The van der Waals surface area contributed by atoms with E-state index in [1.807, 2.05) is 19.1 Å². The molecule has 4 nitrogen and oxygen atoms in total. The first kappa shape index (κ1) is 20.5. The number of fused-ring (bicyclic) bond motifs is 2. The van der Waals surface area contributed by atoms with Crippen LogP contribution in [0.4, 0.5) is 4.39 Å². The summed E-state index contributed by atoms with van der Waals surface area (Å²) >= 11 is 0. The van der Waals surface area contributed by atoms with Crippen molar-refractivity contribution in [1.29, 1.82) is 0 Å². The quantitative estimate of drug-likeness (QED) is 0.500. The molecule has 0 aromatic heterocycles. The first-order chi connectivity index (χ1) is 15.6. The summed E-state index contributed by atoms with van der Waals surface area (Å²) in [6.07, 6.45) is 3.51. The van der Waals surface area contributed by atoms with Crippen molar-refractivity contribution in [2.75, 3.05) is 13.3 Å². The third-order valence-electron chi connectivity index (χ3n) is 5.98. The number of benzene rings is 3. The highest BCUT2D eigenvalue weighted by atomic mass is 19.1. The van der Waals surface area contributed by atoms with Crippen molar-refractivity contribution >= 4 is 11.9 Å². The largest absolute Gasteiger partial charge is 0.477 e. The van der Waals surface area contributed by atoms with Crippen LogP contribution >= 0.6 is 0 Å². The maximum absolute atomic E-state index is 14.0. The van der Waals surface area contributed by atoms with Crippen LogP contribution in [0.1, 0.15) is 39.0 Å². The lowest BCUT2D eigenvalue weighted by atomic mass is 10.00. The van der Waals surface area contributed by atoms with Gasteiger partial charge >= 0.3 is 0 Å². The smallest absolute Gasteiger partial charge is 0.231 e. The lowest BCUT2D eigenvalue weighted by molar-refractivity contribution is 0.0932. The van der Waals surface area contributed by atoms with Crippen molar-refractivity contribution in [2.24, 2.45) is 0 Å². The predicted molar refractivity (Wildman–Crippen MR) is 121 cm³/mol. The fraction of sp³-hybridized carbons (Fsp3) is 0.222. The highest BCUT2D eigenvalue weighted by Crippen LogP contribution is 2.43. The molecule has 2 aliphatic heterocycles. The van der Waals surface area contributed by atoms with E-state index < -0.39 is 5.82 Å². The van der Waals surface area contributed by atoms with Crippen LogP contribution in [-0.4, -0.2) is 24.0 Å². The molecule has 162 valence electrons. The van der Waals surface area contributed by atoms with Gasteiger partial charge in [-0.3, -0.25) is 9.69 Å². The van der Waals surface area contributed by atoms with Gasteiger partial charge in [-0.1, -0.05) is 48.5 Å². The van der Waals surface area contributed by atoms with E-state index in [1.54, 1.807) is 18.2 Å². The monoisotopic (exact) mass is 429 g/mol. The van der Waals surface area contributed by atoms with Crippen molar-refractivity contribution in [3.63, 3.8) is 0 Å². The number of carbonyl (C=O) groups excluding carboxylic acids is 1. The average Bonchev–Trinajstić information content (AvgIpc) is 3.12. The summed E-state index contributed by atoms with van der Waals surface area (Å²) in [6, 6.07) is 18.6. The molecule has 5 rings (SSSR count). The van der Waals surface area contributed by atoms with Gasteiger partial charge in [-0.25, -0.2) is 4.39 Å². The molecule has 0 amide bonds. The molecule has 0 unspecified atom stereocenters. The van der Waals surface area contributed by atoms with Crippen LogP contribution in [0.15, 0.2) is 66.4 Å². The molecule has 2 heterocycles. The molecular weight excluding hydrogens is 405 g/mol. The highest BCUT2D eigenvalue weighted by molar-refractivity contribution is 6.15. The van der Waals surface area contributed by atoms with E-state index in [0.29, 0.717) is 23.6 Å². The lowest BCUT2D eigenvalue weighted by Gasteiger charge is -2.30. The molecule has 0 atom stereocenters. The Balaban J connectivity index is 1.33. The SMILES string of the molecule is Cc1c2c(cc3c1O/C(=C\c1ccccc1F)C3=O)CN(CCCc1ccccc1)CO2. The van der Waals surface area contributed by atoms with Crippen LogP contribution in [0.5, 0.6) is 11.5 Å². The number of carbonyl (C=O) groups is 1. The summed E-state index contributed by atoms with van der Waals surface area (Å²) in [5.74, 6) is 0.806. The Kier molecular flexibility index (Phi) is 5.50. The van der Waals surface area contributed by atoms with Crippen molar-refractivity contribution < 1.29 is 18.7 Å². The van der Waals surface area contributed by atoms with Crippen molar-refractivity contribution in [1.82, 2.24) is 4.90 Å². The number of nitrogens with zero attached hydrogens (tertiary/aromatic N) is 1. The molecule has 32 heavy (non-hydrogen) atoms. The molecule has 5 heteroatoms. The van der Waals surface area contributed by atoms with Gasteiger partial charge in [0.25, 0.3) is 0 Å². The van der Waals surface area contributed by atoms with E-state index in [9.17, 15) is 9.18 Å². The van der Waals surface area contributed by atoms with E-state index in [2.05, 4.69) is 29.2 Å². The number of aryl methyl sites for hydroxylation is 1. The Morgan fingerprint density at radius 2 is 1.84 bits per heavy atom. The number of halogens is 1. The molecule has 0 bridgehead atoms. The molecule has 0 saturated carbocycles. The molecule has 3 aromatic rings. The standard InChI is InChI=1S/C27H24FNO3/c1-18-26-21(16-29(17-31-26)13-7-10-19-8-3-2-4-9-19)14-22-25(30)24(32-27(18)22)15-20-11-5-6-12-23(20)28/h2-6,8-9,11-12,14-15H,7,10,13,16-17H2,1H3/b24-15-. The maximum Gasteiger partial charge on any atom is 0.231 e. The van der Waals surface area contributed by atoms with E-state index >= 15 is 0 Å². The first-order valence-electron chi connectivity index (χ1n) is 10.8. The molecule has 0 aliphatic carbocycles. The number of ketones is 1. The van der Waals surface area contributed by atoms with Gasteiger partial charge in [0, 0.05) is 29.8 Å². The average molecular weight is 429 g/mol. The normalized spacial score (nSPS) is 16.4. The minimum Gasteiger partial charge on any atom is -0.477 e. The highest BCUT2D eigenvalue weighted by Gasteiger charge is 2.33. The van der Waals surface area contributed by atoms with Crippen molar-refractivity contribution in [3.05, 3.63) is 100 Å². The second kappa shape index (κ2) is 8.60.